The molecule has 1 aromatic carbocycles. The van der Waals surface area contributed by atoms with E-state index >= 15 is 0 Å². The van der Waals surface area contributed by atoms with E-state index in [0.717, 1.165) is 0 Å². The molecule has 0 aliphatic carbocycles. The van der Waals surface area contributed by atoms with Crippen LogP contribution in [0.25, 0.3) is 0 Å². The molecular formula is C11H15ClFNO. The predicted molar refractivity (Wildman–Crippen MR) is 60.8 cm³/mol. The van der Waals surface area contributed by atoms with Gasteiger partial charge in [0.2, 0.25) is 0 Å². The maximum absolute atomic E-state index is 13.0. The molecule has 15 heavy (non-hydrogen) atoms. The number of rotatable bonds is 4. The number of hydrogen-bond acceptors (Lipinski definition) is 2. The van der Waals surface area contributed by atoms with Crippen LogP contribution >= 0.6 is 11.6 Å². The minimum absolute atomic E-state index is 0.0998. The van der Waals surface area contributed by atoms with Crippen LogP contribution in [-0.4, -0.2) is 17.3 Å². The Morgan fingerprint density at radius 2 is 2.20 bits per heavy atom. The summed E-state index contributed by atoms with van der Waals surface area (Å²) in [5.41, 5.74) is -0.165. The highest BCUT2D eigenvalue weighted by molar-refractivity contribution is 6.30. The Morgan fingerprint density at radius 3 is 2.73 bits per heavy atom. The average Bonchev–Trinajstić information content (AvgIpc) is 2.20. The second kappa shape index (κ2) is 4.81. The average molecular weight is 232 g/mol. The van der Waals surface area contributed by atoms with Crippen LogP contribution in [0.15, 0.2) is 18.2 Å². The molecule has 0 aliphatic heterocycles. The van der Waals surface area contributed by atoms with Gasteiger partial charge in [0.05, 0.1) is 10.6 Å². The zero-order chi connectivity index (χ0) is 11.5. The molecule has 1 aromatic rings. The van der Waals surface area contributed by atoms with Gasteiger partial charge in [-0.1, -0.05) is 18.5 Å². The number of hydrogen-bond donors (Lipinski definition) is 2. The van der Waals surface area contributed by atoms with Gasteiger partial charge >= 0.3 is 0 Å². The van der Waals surface area contributed by atoms with Gasteiger partial charge in [-0.15, -0.1) is 0 Å². The van der Waals surface area contributed by atoms with Crippen molar-refractivity contribution >= 4 is 17.3 Å². The van der Waals surface area contributed by atoms with Gasteiger partial charge in [0.1, 0.15) is 5.82 Å². The molecule has 1 rings (SSSR count). The first-order valence-electron chi connectivity index (χ1n) is 4.86. The number of benzene rings is 1. The molecule has 0 aromatic heterocycles. The second-order valence-electron chi connectivity index (χ2n) is 3.83. The lowest BCUT2D eigenvalue weighted by Gasteiger charge is -2.22. The van der Waals surface area contributed by atoms with Gasteiger partial charge in [0.15, 0.2) is 0 Å². The van der Waals surface area contributed by atoms with Crippen molar-refractivity contribution in [2.24, 2.45) is 0 Å². The first-order chi connectivity index (χ1) is 6.94. The molecule has 1 unspecified atom stereocenters. The third-order valence-corrected chi connectivity index (χ3v) is 2.66. The normalized spacial score (nSPS) is 14.7. The van der Waals surface area contributed by atoms with E-state index in [-0.39, 0.29) is 5.02 Å². The summed E-state index contributed by atoms with van der Waals surface area (Å²) in [7, 11) is 0. The lowest BCUT2D eigenvalue weighted by atomic mass is 10.0. The Labute approximate surface area is 94.1 Å². The maximum atomic E-state index is 13.0. The Morgan fingerprint density at radius 1 is 1.53 bits per heavy atom. The SMILES string of the molecule is CCC(C)(O)CNc1ccc(Cl)c(F)c1. The second-order valence-corrected chi connectivity index (χ2v) is 4.24. The zero-order valence-electron chi connectivity index (χ0n) is 8.85. The molecule has 0 amide bonds. The van der Waals surface area contributed by atoms with Crippen LogP contribution in [0, 0.1) is 5.82 Å². The fourth-order valence-corrected chi connectivity index (χ4v) is 1.14. The van der Waals surface area contributed by atoms with Crippen LogP contribution in [-0.2, 0) is 0 Å². The molecule has 84 valence electrons. The van der Waals surface area contributed by atoms with Crippen LogP contribution in [0.4, 0.5) is 10.1 Å². The predicted octanol–water partition coefficient (Wildman–Crippen LogP) is 3.05. The van der Waals surface area contributed by atoms with E-state index in [4.69, 9.17) is 11.6 Å². The molecule has 0 heterocycles. The number of aliphatic hydroxyl groups is 1. The third-order valence-electron chi connectivity index (χ3n) is 2.35. The van der Waals surface area contributed by atoms with E-state index in [0.29, 0.717) is 18.7 Å². The van der Waals surface area contributed by atoms with Crippen LogP contribution in [0.1, 0.15) is 20.3 Å². The topological polar surface area (TPSA) is 32.3 Å². The summed E-state index contributed by atoms with van der Waals surface area (Å²) >= 11 is 5.55. The first-order valence-corrected chi connectivity index (χ1v) is 5.24. The summed E-state index contributed by atoms with van der Waals surface area (Å²) in [4.78, 5) is 0. The minimum atomic E-state index is -0.782. The van der Waals surface area contributed by atoms with Gasteiger partial charge in [-0.2, -0.15) is 0 Å². The minimum Gasteiger partial charge on any atom is -0.388 e. The largest absolute Gasteiger partial charge is 0.388 e. The highest BCUT2D eigenvalue weighted by Crippen LogP contribution is 2.19. The van der Waals surface area contributed by atoms with Crippen LogP contribution in [0.3, 0.4) is 0 Å². The molecule has 0 aliphatic rings. The lowest BCUT2D eigenvalue weighted by molar-refractivity contribution is 0.0697. The Kier molecular flexibility index (Phi) is 3.94. The van der Waals surface area contributed by atoms with E-state index < -0.39 is 11.4 Å². The Hall–Kier alpha value is -0.800. The van der Waals surface area contributed by atoms with Gasteiger partial charge in [-0.25, -0.2) is 4.39 Å². The maximum Gasteiger partial charge on any atom is 0.143 e. The fraction of sp³-hybridized carbons (Fsp3) is 0.455. The quantitative estimate of drug-likeness (QED) is 0.835. The lowest BCUT2D eigenvalue weighted by Crippen LogP contribution is -2.32. The Bertz CT molecular complexity index is 341. The van der Waals surface area contributed by atoms with Gasteiger partial charge < -0.3 is 10.4 Å². The molecule has 0 saturated carbocycles. The van der Waals surface area contributed by atoms with E-state index in [1.54, 1.807) is 13.0 Å². The van der Waals surface area contributed by atoms with Crippen molar-refractivity contribution in [3.05, 3.63) is 29.0 Å². The van der Waals surface area contributed by atoms with Crippen molar-refractivity contribution in [3.63, 3.8) is 0 Å². The van der Waals surface area contributed by atoms with Gasteiger partial charge in [0.25, 0.3) is 0 Å². The summed E-state index contributed by atoms with van der Waals surface area (Å²) < 4.78 is 13.0. The first kappa shape index (κ1) is 12.3. The molecule has 0 bridgehead atoms. The molecule has 2 N–H and O–H groups in total. The molecule has 0 saturated heterocycles. The van der Waals surface area contributed by atoms with Crippen molar-refractivity contribution in [1.29, 1.82) is 0 Å². The van der Waals surface area contributed by atoms with E-state index in [1.165, 1.54) is 12.1 Å². The molecule has 0 fully saturated rings. The summed E-state index contributed by atoms with van der Waals surface area (Å²) in [6.45, 7) is 4.00. The van der Waals surface area contributed by atoms with E-state index in [2.05, 4.69) is 5.32 Å². The van der Waals surface area contributed by atoms with E-state index in [9.17, 15) is 9.50 Å². The molecule has 0 spiro atoms. The highest BCUT2D eigenvalue weighted by atomic mass is 35.5. The molecule has 4 heteroatoms. The number of anilines is 1. The standard InChI is InChI=1S/C11H15ClFNO/c1-3-11(2,15)7-14-8-4-5-9(12)10(13)6-8/h4-6,14-15H,3,7H2,1-2H3. The summed E-state index contributed by atoms with van der Waals surface area (Å²) in [6, 6.07) is 4.48. The number of nitrogens with one attached hydrogen (secondary N) is 1. The van der Waals surface area contributed by atoms with Gasteiger partial charge in [-0.05, 0) is 31.5 Å². The third kappa shape index (κ3) is 3.68. The summed E-state index contributed by atoms with van der Waals surface area (Å²) in [5, 5.41) is 12.8. The molecule has 2 nitrogen and oxygen atoms in total. The smallest absolute Gasteiger partial charge is 0.143 e. The van der Waals surface area contributed by atoms with Crippen LogP contribution < -0.4 is 5.32 Å². The van der Waals surface area contributed by atoms with Crippen LogP contribution in [0.2, 0.25) is 5.02 Å². The molecule has 1 atom stereocenters. The van der Waals surface area contributed by atoms with E-state index in [1.807, 2.05) is 6.92 Å². The number of halogens is 2. The molecular weight excluding hydrogens is 217 g/mol. The summed E-state index contributed by atoms with van der Waals surface area (Å²) in [5.74, 6) is -0.460. The highest BCUT2D eigenvalue weighted by Gasteiger charge is 2.16. The van der Waals surface area contributed by atoms with Crippen molar-refractivity contribution in [2.45, 2.75) is 25.9 Å². The monoisotopic (exact) mass is 231 g/mol. The van der Waals surface area contributed by atoms with Crippen molar-refractivity contribution in [2.75, 3.05) is 11.9 Å². The molecule has 0 radical (unpaired) electrons. The van der Waals surface area contributed by atoms with Crippen molar-refractivity contribution < 1.29 is 9.50 Å². The fourth-order valence-electron chi connectivity index (χ4n) is 1.02. The van der Waals surface area contributed by atoms with Crippen molar-refractivity contribution in [1.82, 2.24) is 0 Å². The van der Waals surface area contributed by atoms with Gasteiger partial charge in [-0.3, -0.25) is 0 Å². The van der Waals surface area contributed by atoms with Crippen LogP contribution in [0.5, 0.6) is 0 Å². The van der Waals surface area contributed by atoms with Crippen molar-refractivity contribution in [3.8, 4) is 0 Å². The Balaban J connectivity index is 2.62. The zero-order valence-corrected chi connectivity index (χ0v) is 9.61. The van der Waals surface area contributed by atoms with Gasteiger partial charge in [0, 0.05) is 12.2 Å². The summed E-state index contributed by atoms with van der Waals surface area (Å²) in [6.07, 6.45) is 0.635.